The summed E-state index contributed by atoms with van der Waals surface area (Å²) in [6.45, 7) is 2.05. The van der Waals surface area contributed by atoms with Gasteiger partial charge in [-0.1, -0.05) is 41.6 Å². The monoisotopic (exact) mass is 382 g/mol. The van der Waals surface area contributed by atoms with Gasteiger partial charge in [0.2, 0.25) is 5.16 Å². The van der Waals surface area contributed by atoms with Crippen LogP contribution in [0.1, 0.15) is 39.5 Å². The number of aryl methyl sites for hydroxylation is 1. The predicted octanol–water partition coefficient (Wildman–Crippen LogP) is 2.61. The summed E-state index contributed by atoms with van der Waals surface area (Å²) in [6.07, 6.45) is 2.85. The molecule has 0 unspecified atom stereocenters. The number of ether oxygens (including phenoxy) is 1. The quantitative estimate of drug-likeness (QED) is 0.506. The Balaban J connectivity index is 1.62. The zero-order chi connectivity index (χ0) is 19.0. The second-order valence-corrected chi connectivity index (χ2v) is 7.49. The first-order chi connectivity index (χ1) is 13.0. The number of carbonyl (C=O) groups excluding carboxylic acids is 2. The summed E-state index contributed by atoms with van der Waals surface area (Å²) in [6, 6.07) is 8.29. The van der Waals surface area contributed by atoms with E-state index in [-0.39, 0.29) is 23.4 Å². The van der Waals surface area contributed by atoms with E-state index in [9.17, 15) is 9.59 Å². The summed E-state index contributed by atoms with van der Waals surface area (Å²) in [5.74, 6) is 0.398. The van der Waals surface area contributed by atoms with E-state index in [1.165, 1.54) is 29.0 Å². The molecule has 0 N–H and O–H groups in total. The molecule has 0 saturated heterocycles. The SMILES string of the molecule is COC(=O)CSc1nc2nc3c(cn2n1)C(=O)C[C@H](c1ccc(C)cc1)C3. The summed E-state index contributed by atoms with van der Waals surface area (Å²) in [4.78, 5) is 32.9. The molecule has 138 valence electrons. The molecule has 0 radical (unpaired) electrons. The van der Waals surface area contributed by atoms with Crippen LogP contribution in [0.15, 0.2) is 35.6 Å². The number of rotatable bonds is 4. The highest BCUT2D eigenvalue weighted by Gasteiger charge is 2.28. The van der Waals surface area contributed by atoms with Crippen molar-refractivity contribution in [3.05, 3.63) is 52.8 Å². The summed E-state index contributed by atoms with van der Waals surface area (Å²) in [7, 11) is 1.34. The van der Waals surface area contributed by atoms with Gasteiger partial charge in [-0.3, -0.25) is 9.59 Å². The van der Waals surface area contributed by atoms with E-state index in [0.717, 1.165) is 11.3 Å². The number of hydrogen-bond acceptors (Lipinski definition) is 7. The van der Waals surface area contributed by atoms with Crippen molar-refractivity contribution in [2.24, 2.45) is 0 Å². The highest BCUT2D eigenvalue weighted by atomic mass is 32.2. The van der Waals surface area contributed by atoms with Gasteiger partial charge < -0.3 is 4.74 Å². The van der Waals surface area contributed by atoms with Gasteiger partial charge in [-0.25, -0.2) is 9.50 Å². The van der Waals surface area contributed by atoms with Crippen molar-refractivity contribution in [1.29, 1.82) is 0 Å². The van der Waals surface area contributed by atoms with E-state index in [0.29, 0.717) is 29.3 Å². The van der Waals surface area contributed by atoms with Crippen LogP contribution < -0.4 is 0 Å². The molecule has 1 aromatic carbocycles. The van der Waals surface area contributed by atoms with Crippen molar-refractivity contribution in [2.45, 2.75) is 30.8 Å². The minimum Gasteiger partial charge on any atom is -0.468 e. The van der Waals surface area contributed by atoms with Gasteiger partial charge >= 0.3 is 5.97 Å². The largest absolute Gasteiger partial charge is 0.468 e. The Labute approximate surface area is 160 Å². The zero-order valence-corrected chi connectivity index (χ0v) is 15.8. The number of nitrogens with zero attached hydrogens (tertiary/aromatic N) is 4. The average Bonchev–Trinajstić information content (AvgIpc) is 3.07. The molecule has 1 atom stereocenters. The molecule has 2 heterocycles. The third-order valence-corrected chi connectivity index (χ3v) is 5.47. The molecule has 8 heteroatoms. The third kappa shape index (κ3) is 3.57. The Hall–Kier alpha value is -2.74. The maximum atomic E-state index is 12.7. The lowest BCUT2D eigenvalue weighted by molar-refractivity contribution is -0.137. The Kier molecular flexibility index (Phi) is 4.65. The number of benzene rings is 1. The Morgan fingerprint density at radius 3 is 2.78 bits per heavy atom. The molecule has 0 saturated carbocycles. The van der Waals surface area contributed by atoms with Gasteiger partial charge in [-0.05, 0) is 24.8 Å². The number of thioether (sulfide) groups is 1. The molecule has 7 nitrogen and oxygen atoms in total. The maximum absolute atomic E-state index is 12.7. The fraction of sp³-hybridized carbons (Fsp3) is 0.316. The van der Waals surface area contributed by atoms with Crippen LogP contribution >= 0.6 is 11.8 Å². The summed E-state index contributed by atoms with van der Waals surface area (Å²) in [5.41, 5.74) is 3.69. The molecule has 1 aliphatic rings. The van der Waals surface area contributed by atoms with Crippen molar-refractivity contribution in [3.8, 4) is 0 Å². The van der Waals surface area contributed by atoms with Gasteiger partial charge in [0.05, 0.1) is 24.1 Å². The standard InChI is InChI=1S/C19H18N4O3S/c1-11-3-5-12(6-4-11)13-7-15-14(16(24)8-13)9-23-18(20-15)21-19(22-23)27-10-17(25)26-2/h3-6,9,13H,7-8,10H2,1-2H3/t13-/m1/s1. The van der Waals surface area contributed by atoms with E-state index < -0.39 is 0 Å². The van der Waals surface area contributed by atoms with Crippen molar-refractivity contribution in [3.63, 3.8) is 0 Å². The Morgan fingerprint density at radius 2 is 2.04 bits per heavy atom. The van der Waals surface area contributed by atoms with E-state index in [1.54, 1.807) is 6.20 Å². The van der Waals surface area contributed by atoms with Crippen LogP contribution in [0.4, 0.5) is 0 Å². The number of hydrogen-bond donors (Lipinski definition) is 0. The van der Waals surface area contributed by atoms with E-state index in [1.807, 2.05) is 6.92 Å². The molecule has 3 aromatic rings. The second-order valence-electron chi connectivity index (χ2n) is 6.54. The number of carbonyl (C=O) groups is 2. The fourth-order valence-corrected chi connectivity index (χ4v) is 3.84. The van der Waals surface area contributed by atoms with Crippen LogP contribution in [0.5, 0.6) is 0 Å². The Bertz CT molecular complexity index is 1030. The fourth-order valence-electron chi connectivity index (χ4n) is 3.18. The van der Waals surface area contributed by atoms with E-state index >= 15 is 0 Å². The predicted molar refractivity (Wildman–Crippen MR) is 100 cm³/mol. The first-order valence-electron chi connectivity index (χ1n) is 8.59. The van der Waals surface area contributed by atoms with E-state index in [2.05, 4.69) is 44.1 Å². The van der Waals surface area contributed by atoms with Gasteiger partial charge in [0.15, 0.2) is 5.78 Å². The number of esters is 1. The molecule has 1 aliphatic carbocycles. The molecule has 0 spiro atoms. The molecule has 0 aliphatic heterocycles. The number of aromatic nitrogens is 4. The lowest BCUT2D eigenvalue weighted by Gasteiger charge is -2.23. The molecule has 0 bridgehead atoms. The van der Waals surface area contributed by atoms with Gasteiger partial charge in [0, 0.05) is 12.6 Å². The van der Waals surface area contributed by atoms with E-state index in [4.69, 9.17) is 0 Å². The summed E-state index contributed by atoms with van der Waals surface area (Å²) < 4.78 is 6.12. The van der Waals surface area contributed by atoms with Crippen LogP contribution in [-0.2, 0) is 16.0 Å². The Morgan fingerprint density at radius 1 is 1.26 bits per heavy atom. The first-order valence-corrected chi connectivity index (χ1v) is 9.57. The minimum absolute atomic E-state index is 0.0653. The zero-order valence-electron chi connectivity index (χ0n) is 15.0. The summed E-state index contributed by atoms with van der Waals surface area (Å²) in [5, 5.41) is 4.72. The van der Waals surface area contributed by atoms with Crippen molar-refractivity contribution < 1.29 is 14.3 Å². The molecule has 0 amide bonds. The van der Waals surface area contributed by atoms with Crippen LogP contribution in [-0.4, -0.2) is 44.2 Å². The normalized spacial score (nSPS) is 16.4. The first kappa shape index (κ1) is 17.7. The lowest BCUT2D eigenvalue weighted by atomic mass is 9.82. The van der Waals surface area contributed by atoms with Crippen LogP contribution in [0.3, 0.4) is 0 Å². The molecular weight excluding hydrogens is 364 g/mol. The van der Waals surface area contributed by atoms with Gasteiger partial charge in [0.25, 0.3) is 5.78 Å². The van der Waals surface area contributed by atoms with Crippen molar-refractivity contribution >= 4 is 29.3 Å². The molecule has 0 fully saturated rings. The lowest BCUT2D eigenvalue weighted by Crippen LogP contribution is -2.21. The topological polar surface area (TPSA) is 86.4 Å². The molecular formula is C19H18N4O3S. The smallest absolute Gasteiger partial charge is 0.316 e. The number of fused-ring (bicyclic) bond motifs is 2. The van der Waals surface area contributed by atoms with Crippen molar-refractivity contribution in [1.82, 2.24) is 19.6 Å². The van der Waals surface area contributed by atoms with Crippen LogP contribution in [0, 0.1) is 6.92 Å². The van der Waals surface area contributed by atoms with Crippen molar-refractivity contribution in [2.75, 3.05) is 12.9 Å². The molecule has 27 heavy (non-hydrogen) atoms. The van der Waals surface area contributed by atoms with Gasteiger partial charge in [0.1, 0.15) is 0 Å². The van der Waals surface area contributed by atoms with Crippen LogP contribution in [0.2, 0.25) is 0 Å². The highest BCUT2D eigenvalue weighted by molar-refractivity contribution is 7.99. The average molecular weight is 382 g/mol. The maximum Gasteiger partial charge on any atom is 0.316 e. The second kappa shape index (κ2) is 7.11. The highest BCUT2D eigenvalue weighted by Crippen LogP contribution is 2.32. The number of Topliss-reactive ketones (excluding diaryl/α,β-unsaturated/α-hetero) is 1. The number of ketones is 1. The number of methoxy groups -OCH3 is 1. The minimum atomic E-state index is -0.345. The van der Waals surface area contributed by atoms with Gasteiger partial charge in [-0.15, -0.1) is 5.10 Å². The van der Waals surface area contributed by atoms with Crippen LogP contribution in [0.25, 0.3) is 5.78 Å². The third-order valence-electron chi connectivity index (χ3n) is 4.66. The van der Waals surface area contributed by atoms with Gasteiger partial charge in [-0.2, -0.15) is 4.98 Å². The molecule has 2 aromatic heterocycles. The molecule has 4 rings (SSSR count). The summed E-state index contributed by atoms with van der Waals surface area (Å²) >= 11 is 1.18.